The molecule has 1 heterocycles. The molecule has 1 unspecified atom stereocenters. The molecule has 0 aliphatic carbocycles. The predicted molar refractivity (Wildman–Crippen MR) is 87.6 cm³/mol. The third-order valence-corrected chi connectivity index (χ3v) is 3.79. The van der Waals surface area contributed by atoms with E-state index in [1.807, 2.05) is 0 Å². The first-order chi connectivity index (χ1) is 11.5. The maximum absolute atomic E-state index is 12.8. The maximum atomic E-state index is 12.8. The summed E-state index contributed by atoms with van der Waals surface area (Å²) in [4.78, 5) is 23.8. The van der Waals surface area contributed by atoms with E-state index in [2.05, 4.69) is 10.6 Å². The van der Waals surface area contributed by atoms with Crippen LogP contribution in [0, 0.1) is 5.82 Å². The molecule has 0 saturated carbocycles. The van der Waals surface area contributed by atoms with Gasteiger partial charge in [-0.05, 0) is 49.2 Å². The summed E-state index contributed by atoms with van der Waals surface area (Å²) >= 11 is 0. The Labute approximate surface area is 138 Å². The van der Waals surface area contributed by atoms with E-state index in [4.69, 9.17) is 4.74 Å². The molecule has 1 aliphatic heterocycles. The molecule has 0 bridgehead atoms. The minimum absolute atomic E-state index is 0.239. The number of fused-ring (bicyclic) bond motifs is 1. The van der Waals surface area contributed by atoms with Gasteiger partial charge in [0, 0.05) is 12.1 Å². The van der Waals surface area contributed by atoms with Crippen molar-refractivity contribution >= 4 is 17.5 Å². The zero-order valence-corrected chi connectivity index (χ0v) is 13.1. The van der Waals surface area contributed by atoms with Crippen molar-refractivity contribution in [3.63, 3.8) is 0 Å². The van der Waals surface area contributed by atoms with Crippen LogP contribution in [0.1, 0.15) is 22.8 Å². The number of nitrogens with one attached hydrogen (secondary N) is 2. The van der Waals surface area contributed by atoms with E-state index in [1.54, 1.807) is 37.3 Å². The van der Waals surface area contributed by atoms with Gasteiger partial charge in [-0.15, -0.1) is 0 Å². The highest BCUT2D eigenvalue weighted by Gasteiger charge is 2.24. The first-order valence-corrected chi connectivity index (χ1v) is 7.67. The zero-order chi connectivity index (χ0) is 17.1. The summed E-state index contributed by atoms with van der Waals surface area (Å²) in [6, 6.07) is 11.1. The third kappa shape index (κ3) is 3.53. The Bertz CT molecular complexity index is 774. The normalized spacial score (nSPS) is 15.9. The Balaban J connectivity index is 1.60. The van der Waals surface area contributed by atoms with Crippen LogP contribution in [0.15, 0.2) is 42.5 Å². The van der Waals surface area contributed by atoms with Gasteiger partial charge >= 0.3 is 0 Å². The van der Waals surface area contributed by atoms with E-state index in [1.165, 1.54) is 12.1 Å². The number of hydrogen-bond acceptors (Lipinski definition) is 3. The highest BCUT2D eigenvalue weighted by molar-refractivity contribution is 6.00. The molecule has 1 aliphatic rings. The number of benzene rings is 2. The molecule has 6 heteroatoms. The average Bonchev–Trinajstić information content (AvgIpc) is 2.57. The lowest BCUT2D eigenvalue weighted by Crippen LogP contribution is -2.34. The van der Waals surface area contributed by atoms with Gasteiger partial charge in [0.05, 0.1) is 5.69 Å². The Morgan fingerprint density at radius 2 is 2.00 bits per heavy atom. The number of amides is 2. The van der Waals surface area contributed by atoms with Crippen molar-refractivity contribution in [3.05, 3.63) is 59.4 Å². The summed E-state index contributed by atoms with van der Waals surface area (Å²) in [5, 5.41) is 5.52. The predicted octanol–water partition coefficient (Wildman–Crippen LogP) is 2.52. The topological polar surface area (TPSA) is 67.4 Å². The van der Waals surface area contributed by atoms with Crippen LogP contribution < -0.4 is 15.4 Å². The largest absolute Gasteiger partial charge is 0.479 e. The number of carbonyl (C=O) groups is 2. The second-order valence-electron chi connectivity index (χ2n) is 5.59. The molecule has 0 radical (unpaired) electrons. The van der Waals surface area contributed by atoms with Crippen LogP contribution >= 0.6 is 0 Å². The molecule has 0 spiro atoms. The van der Waals surface area contributed by atoms with Crippen LogP contribution in [0.25, 0.3) is 0 Å². The highest BCUT2D eigenvalue weighted by Crippen LogP contribution is 2.30. The molecule has 2 N–H and O–H groups in total. The molecular weight excluding hydrogens is 311 g/mol. The molecule has 2 aromatic rings. The van der Waals surface area contributed by atoms with Crippen molar-refractivity contribution in [1.82, 2.24) is 5.32 Å². The van der Waals surface area contributed by atoms with Gasteiger partial charge in [-0.2, -0.15) is 0 Å². The molecule has 24 heavy (non-hydrogen) atoms. The van der Waals surface area contributed by atoms with E-state index >= 15 is 0 Å². The fourth-order valence-corrected chi connectivity index (χ4v) is 2.42. The van der Waals surface area contributed by atoms with Crippen LogP contribution in [-0.4, -0.2) is 24.5 Å². The Kier molecular flexibility index (Phi) is 4.46. The Morgan fingerprint density at radius 3 is 2.75 bits per heavy atom. The third-order valence-electron chi connectivity index (χ3n) is 3.79. The lowest BCUT2D eigenvalue weighted by molar-refractivity contribution is -0.122. The van der Waals surface area contributed by atoms with Crippen molar-refractivity contribution in [2.45, 2.75) is 19.4 Å². The van der Waals surface area contributed by atoms with E-state index in [0.29, 0.717) is 30.0 Å². The number of hydrogen-bond donors (Lipinski definition) is 2. The van der Waals surface area contributed by atoms with Crippen LogP contribution in [0.3, 0.4) is 0 Å². The van der Waals surface area contributed by atoms with Crippen LogP contribution in [-0.2, 0) is 11.2 Å². The number of halogens is 1. The molecule has 2 aromatic carbocycles. The molecule has 124 valence electrons. The van der Waals surface area contributed by atoms with E-state index in [0.717, 1.165) is 5.56 Å². The minimum Gasteiger partial charge on any atom is -0.479 e. The lowest BCUT2D eigenvalue weighted by atomic mass is 10.1. The summed E-state index contributed by atoms with van der Waals surface area (Å²) in [6.07, 6.45) is 0.0572. The molecule has 1 atom stereocenters. The Hall–Kier alpha value is -2.89. The maximum Gasteiger partial charge on any atom is 0.265 e. The van der Waals surface area contributed by atoms with Gasteiger partial charge in [0.25, 0.3) is 11.8 Å². The summed E-state index contributed by atoms with van der Waals surface area (Å²) in [6.45, 7) is 2.09. The fraction of sp³-hybridized carbons (Fsp3) is 0.222. The van der Waals surface area contributed by atoms with Gasteiger partial charge in [0.1, 0.15) is 11.6 Å². The number of ether oxygens (including phenoxy) is 1. The van der Waals surface area contributed by atoms with Crippen molar-refractivity contribution < 1.29 is 18.7 Å². The van der Waals surface area contributed by atoms with Gasteiger partial charge in [-0.25, -0.2) is 4.39 Å². The first-order valence-electron chi connectivity index (χ1n) is 7.67. The van der Waals surface area contributed by atoms with Gasteiger partial charge in [-0.3, -0.25) is 9.59 Å². The lowest BCUT2D eigenvalue weighted by Gasteiger charge is -2.23. The number of anilines is 1. The number of carbonyl (C=O) groups excluding carboxylic acids is 2. The minimum atomic E-state index is -0.548. The molecule has 5 nitrogen and oxygen atoms in total. The van der Waals surface area contributed by atoms with Gasteiger partial charge in [-0.1, -0.05) is 12.1 Å². The SMILES string of the molecule is CC1Oc2ccc(C(=O)NCCc3ccc(F)cc3)cc2NC1=O. The zero-order valence-electron chi connectivity index (χ0n) is 13.1. The molecular formula is C18H17FN2O3. The molecule has 0 fully saturated rings. The molecule has 0 aromatic heterocycles. The van der Waals surface area contributed by atoms with Gasteiger partial charge in [0.15, 0.2) is 6.10 Å². The number of rotatable bonds is 4. The summed E-state index contributed by atoms with van der Waals surface area (Å²) < 4.78 is 18.3. The summed E-state index contributed by atoms with van der Waals surface area (Å²) in [5.41, 5.74) is 1.87. The standard InChI is InChI=1S/C18H17FN2O3/c1-11-17(22)21-15-10-13(4-7-16(15)24-11)18(23)20-9-8-12-2-5-14(19)6-3-12/h2-7,10-11H,8-9H2,1H3,(H,20,23)(H,21,22). The van der Waals surface area contributed by atoms with Gasteiger partial charge < -0.3 is 15.4 Å². The fourth-order valence-electron chi connectivity index (χ4n) is 2.42. The van der Waals surface area contributed by atoms with Crippen molar-refractivity contribution in [2.75, 3.05) is 11.9 Å². The second kappa shape index (κ2) is 6.70. The molecule has 0 saturated heterocycles. The first kappa shape index (κ1) is 16.0. The summed E-state index contributed by atoms with van der Waals surface area (Å²) in [5.74, 6) is -0.218. The van der Waals surface area contributed by atoms with Crippen molar-refractivity contribution in [3.8, 4) is 5.75 Å². The van der Waals surface area contributed by atoms with Crippen LogP contribution in [0.4, 0.5) is 10.1 Å². The monoisotopic (exact) mass is 328 g/mol. The quantitative estimate of drug-likeness (QED) is 0.906. The average molecular weight is 328 g/mol. The van der Waals surface area contributed by atoms with Crippen molar-refractivity contribution in [2.24, 2.45) is 0 Å². The van der Waals surface area contributed by atoms with Gasteiger partial charge in [0.2, 0.25) is 0 Å². The molecule has 3 rings (SSSR count). The van der Waals surface area contributed by atoms with E-state index in [9.17, 15) is 14.0 Å². The van der Waals surface area contributed by atoms with E-state index in [-0.39, 0.29) is 17.6 Å². The highest BCUT2D eigenvalue weighted by atomic mass is 19.1. The smallest absolute Gasteiger partial charge is 0.265 e. The molecule has 2 amide bonds. The second-order valence-corrected chi connectivity index (χ2v) is 5.59. The summed E-state index contributed by atoms with van der Waals surface area (Å²) in [7, 11) is 0. The van der Waals surface area contributed by atoms with Crippen molar-refractivity contribution in [1.29, 1.82) is 0 Å². The Morgan fingerprint density at radius 1 is 1.25 bits per heavy atom. The van der Waals surface area contributed by atoms with E-state index < -0.39 is 6.10 Å². The van der Waals surface area contributed by atoms with Crippen LogP contribution in [0.2, 0.25) is 0 Å². The van der Waals surface area contributed by atoms with Crippen LogP contribution in [0.5, 0.6) is 5.75 Å².